The molecule has 0 saturated carbocycles. The van der Waals surface area contributed by atoms with Crippen molar-refractivity contribution in [2.24, 2.45) is 5.92 Å². The SMILES string of the molecule is CCCCCOC(CC)N(C(=O)CC(C(=O)O)S(=O)(=O)O)C(CC(=O)O)(C(=O)O)C(CC(=O)O)C(=O)O. The van der Waals surface area contributed by atoms with E-state index < -0.39 is 88.1 Å². The molecular formula is C20H31NO15S. The minimum Gasteiger partial charge on any atom is -0.481 e. The van der Waals surface area contributed by atoms with E-state index in [1.807, 2.05) is 6.92 Å². The number of nitrogens with zero attached hydrogens (tertiary/aromatic N) is 1. The van der Waals surface area contributed by atoms with E-state index in [2.05, 4.69) is 0 Å². The Labute approximate surface area is 211 Å². The molecule has 212 valence electrons. The fraction of sp³-hybridized carbons (Fsp3) is 0.700. The van der Waals surface area contributed by atoms with Crippen molar-refractivity contribution < 1.29 is 72.0 Å². The van der Waals surface area contributed by atoms with Gasteiger partial charge in [0.1, 0.15) is 12.1 Å². The van der Waals surface area contributed by atoms with Crippen molar-refractivity contribution in [3.05, 3.63) is 0 Å². The monoisotopic (exact) mass is 557 g/mol. The molecule has 0 radical (unpaired) electrons. The first-order chi connectivity index (χ1) is 17.0. The van der Waals surface area contributed by atoms with Gasteiger partial charge in [0, 0.05) is 6.61 Å². The quantitative estimate of drug-likeness (QED) is 0.0690. The molecule has 16 nitrogen and oxygen atoms in total. The van der Waals surface area contributed by atoms with E-state index in [1.165, 1.54) is 6.92 Å². The molecule has 0 aromatic heterocycles. The van der Waals surface area contributed by atoms with Crippen molar-refractivity contribution >= 4 is 45.9 Å². The fourth-order valence-electron chi connectivity index (χ4n) is 3.73. The summed E-state index contributed by atoms with van der Waals surface area (Å²) in [4.78, 5) is 72.7. The van der Waals surface area contributed by atoms with Crippen LogP contribution in [0.5, 0.6) is 0 Å². The number of unbranched alkanes of at least 4 members (excludes halogenated alkanes) is 2. The number of hydrogen-bond acceptors (Lipinski definition) is 9. The number of ether oxygens (including phenoxy) is 1. The summed E-state index contributed by atoms with van der Waals surface area (Å²) in [6.07, 6.45) is -5.20. The van der Waals surface area contributed by atoms with Crippen LogP contribution in [0, 0.1) is 5.92 Å². The molecule has 17 heteroatoms. The molecule has 1 amide bonds. The average molecular weight is 558 g/mol. The van der Waals surface area contributed by atoms with Gasteiger partial charge in [-0.2, -0.15) is 8.42 Å². The molecule has 0 fully saturated rings. The lowest BCUT2D eigenvalue weighted by Gasteiger charge is -2.46. The van der Waals surface area contributed by atoms with Crippen molar-refractivity contribution in [3.8, 4) is 0 Å². The van der Waals surface area contributed by atoms with E-state index in [-0.39, 0.29) is 17.9 Å². The lowest BCUT2D eigenvalue weighted by molar-refractivity contribution is -0.194. The summed E-state index contributed by atoms with van der Waals surface area (Å²) >= 11 is 0. The summed E-state index contributed by atoms with van der Waals surface area (Å²) in [7, 11) is -5.46. The second-order valence-electron chi connectivity index (χ2n) is 8.04. The Hall–Kier alpha value is -3.31. The second-order valence-corrected chi connectivity index (χ2v) is 9.64. The highest BCUT2D eigenvalue weighted by molar-refractivity contribution is 7.87. The third-order valence-electron chi connectivity index (χ3n) is 5.43. The normalized spacial score (nSPS) is 15.5. The largest absolute Gasteiger partial charge is 0.481 e. The number of carboxylic acid groups (broad SMARTS) is 5. The van der Waals surface area contributed by atoms with E-state index in [0.717, 1.165) is 0 Å². The van der Waals surface area contributed by atoms with Gasteiger partial charge < -0.3 is 30.3 Å². The van der Waals surface area contributed by atoms with Crippen LogP contribution < -0.4 is 0 Å². The predicted octanol–water partition coefficient (Wildman–Crippen LogP) is -0.0374. The van der Waals surface area contributed by atoms with E-state index in [9.17, 15) is 67.3 Å². The molecule has 0 aromatic carbocycles. The maximum absolute atomic E-state index is 13.3. The number of carbonyl (C=O) groups excluding carboxylic acids is 1. The molecule has 0 rings (SSSR count). The lowest BCUT2D eigenvalue weighted by atomic mass is 9.76. The first-order valence-electron chi connectivity index (χ1n) is 11.0. The van der Waals surface area contributed by atoms with E-state index in [4.69, 9.17) is 4.74 Å². The zero-order valence-electron chi connectivity index (χ0n) is 20.1. The predicted molar refractivity (Wildman–Crippen MR) is 120 cm³/mol. The number of carboxylic acids is 5. The van der Waals surface area contributed by atoms with Crippen LogP contribution in [0.2, 0.25) is 0 Å². The molecule has 0 aliphatic rings. The van der Waals surface area contributed by atoms with Gasteiger partial charge in [-0.25, -0.2) is 4.79 Å². The standard InChI is InChI=1S/C20H31NO15S/c1-3-5-6-7-36-14(4-2)21(13(22)9-12(18(29)30)37(33,34)35)20(19(31)32,10-16(25)26)11(17(27)28)8-15(23)24/h11-12,14H,3-10H2,1-2H3,(H,23,24)(H,25,26)(H,27,28)(H,29,30)(H,31,32)(H,33,34,35). The molecular weight excluding hydrogens is 526 g/mol. The molecule has 0 bridgehead atoms. The number of rotatable bonds is 19. The van der Waals surface area contributed by atoms with Gasteiger partial charge in [0.2, 0.25) is 5.91 Å². The van der Waals surface area contributed by atoms with Crippen LogP contribution in [-0.4, -0.2) is 103 Å². The molecule has 0 spiro atoms. The van der Waals surface area contributed by atoms with Crippen molar-refractivity contribution in [2.45, 2.75) is 75.8 Å². The Balaban J connectivity index is 7.29. The number of carbonyl (C=O) groups is 6. The minimum absolute atomic E-state index is 0.0816. The van der Waals surface area contributed by atoms with E-state index in [1.54, 1.807) is 0 Å². The average Bonchev–Trinajstić information content (AvgIpc) is 2.74. The number of amides is 1. The van der Waals surface area contributed by atoms with Gasteiger partial charge in [0.15, 0.2) is 10.8 Å². The van der Waals surface area contributed by atoms with Crippen molar-refractivity contribution in [3.63, 3.8) is 0 Å². The Morgan fingerprint density at radius 1 is 0.865 bits per heavy atom. The van der Waals surface area contributed by atoms with E-state index >= 15 is 0 Å². The van der Waals surface area contributed by atoms with Gasteiger partial charge >= 0.3 is 29.8 Å². The van der Waals surface area contributed by atoms with Crippen LogP contribution >= 0.6 is 0 Å². The van der Waals surface area contributed by atoms with Gasteiger partial charge in [-0.15, -0.1) is 0 Å². The molecule has 37 heavy (non-hydrogen) atoms. The summed E-state index contributed by atoms with van der Waals surface area (Å²) in [5.41, 5.74) is -3.37. The third-order valence-corrected chi connectivity index (χ3v) is 6.52. The highest BCUT2D eigenvalue weighted by Crippen LogP contribution is 2.37. The highest BCUT2D eigenvalue weighted by atomic mass is 32.2. The summed E-state index contributed by atoms with van der Waals surface area (Å²) in [6, 6.07) is 0. The fourth-order valence-corrected chi connectivity index (χ4v) is 4.34. The van der Waals surface area contributed by atoms with Crippen LogP contribution in [0.15, 0.2) is 0 Å². The Kier molecular flexibility index (Phi) is 13.1. The smallest absolute Gasteiger partial charge is 0.331 e. The molecule has 0 heterocycles. The minimum atomic E-state index is -5.46. The van der Waals surface area contributed by atoms with Crippen LogP contribution in [0.4, 0.5) is 0 Å². The summed E-state index contributed by atoms with van der Waals surface area (Å²) in [5, 5.41) is 44.9. The van der Waals surface area contributed by atoms with Crippen LogP contribution in [0.1, 0.15) is 58.8 Å². The topological polar surface area (TPSA) is 270 Å². The maximum Gasteiger partial charge on any atom is 0.331 e. The highest BCUT2D eigenvalue weighted by Gasteiger charge is 2.60. The molecule has 0 aliphatic carbocycles. The first kappa shape index (κ1) is 33.7. The Morgan fingerprint density at radius 2 is 1.43 bits per heavy atom. The zero-order chi connectivity index (χ0) is 29.1. The lowest BCUT2D eigenvalue weighted by Crippen LogP contribution is -2.68. The molecule has 0 aliphatic heterocycles. The van der Waals surface area contributed by atoms with Gasteiger partial charge in [0.05, 0.1) is 19.3 Å². The number of aliphatic carboxylic acids is 5. The molecule has 4 atom stereocenters. The van der Waals surface area contributed by atoms with Crippen molar-refractivity contribution in [2.75, 3.05) is 6.61 Å². The van der Waals surface area contributed by atoms with Crippen molar-refractivity contribution in [1.82, 2.24) is 4.90 Å². The van der Waals surface area contributed by atoms with Gasteiger partial charge in [-0.1, -0.05) is 26.7 Å². The van der Waals surface area contributed by atoms with Gasteiger partial charge in [0.25, 0.3) is 10.1 Å². The molecule has 4 unspecified atom stereocenters. The summed E-state index contributed by atoms with van der Waals surface area (Å²) < 4.78 is 37.9. The first-order valence-corrected chi connectivity index (χ1v) is 12.5. The third kappa shape index (κ3) is 9.25. The van der Waals surface area contributed by atoms with E-state index in [0.29, 0.717) is 19.3 Å². The number of hydrogen-bond donors (Lipinski definition) is 6. The van der Waals surface area contributed by atoms with Crippen LogP contribution in [0.25, 0.3) is 0 Å². The Morgan fingerprint density at radius 3 is 1.78 bits per heavy atom. The second kappa shape index (κ2) is 14.4. The molecule has 6 N–H and O–H groups in total. The van der Waals surface area contributed by atoms with Crippen molar-refractivity contribution in [1.29, 1.82) is 0 Å². The molecule has 0 aromatic rings. The van der Waals surface area contributed by atoms with Gasteiger partial charge in [-0.3, -0.25) is 33.4 Å². The summed E-state index contributed by atoms with van der Waals surface area (Å²) in [5.74, 6) is -14.8. The maximum atomic E-state index is 13.3. The van der Waals surface area contributed by atoms with Crippen LogP contribution in [-0.2, 0) is 43.6 Å². The molecule has 0 saturated heterocycles. The van der Waals surface area contributed by atoms with Gasteiger partial charge in [-0.05, 0) is 12.8 Å². The zero-order valence-corrected chi connectivity index (χ0v) is 20.9. The Bertz CT molecular complexity index is 978. The van der Waals surface area contributed by atoms with Crippen LogP contribution in [0.3, 0.4) is 0 Å². The summed E-state index contributed by atoms with van der Waals surface area (Å²) in [6.45, 7) is 3.00.